The third-order valence-corrected chi connectivity index (χ3v) is 8.68. The van der Waals surface area contributed by atoms with Crippen LogP contribution in [0.25, 0.3) is 16.8 Å². The van der Waals surface area contributed by atoms with Crippen molar-refractivity contribution < 1.29 is 23.7 Å². The number of methoxy groups -OCH3 is 2. The summed E-state index contributed by atoms with van der Waals surface area (Å²) >= 11 is 1.27. The molecule has 6 rings (SSSR count). The minimum atomic E-state index is -0.701. The first-order chi connectivity index (χ1) is 21.9. The van der Waals surface area contributed by atoms with E-state index in [0.717, 1.165) is 27.5 Å². The Morgan fingerprint density at radius 1 is 0.956 bits per heavy atom. The highest BCUT2D eigenvalue weighted by Crippen LogP contribution is 2.32. The van der Waals surface area contributed by atoms with Crippen LogP contribution in [0, 0.1) is 0 Å². The average molecular weight is 621 g/mol. The Hall–Kier alpha value is -5.15. The van der Waals surface area contributed by atoms with Crippen molar-refractivity contribution in [2.45, 2.75) is 26.5 Å². The lowest BCUT2D eigenvalue weighted by Crippen LogP contribution is -2.39. The van der Waals surface area contributed by atoms with Crippen molar-refractivity contribution in [3.63, 3.8) is 0 Å². The normalized spacial score (nSPS) is 14.6. The Morgan fingerprint density at radius 3 is 2.49 bits per heavy atom. The summed E-state index contributed by atoms with van der Waals surface area (Å²) in [5, 5.41) is 2.29. The number of benzene rings is 4. The minimum Gasteiger partial charge on any atom is -0.497 e. The molecule has 0 saturated heterocycles. The van der Waals surface area contributed by atoms with Gasteiger partial charge < -0.3 is 18.9 Å². The third-order valence-electron chi connectivity index (χ3n) is 7.70. The molecule has 1 aliphatic heterocycles. The van der Waals surface area contributed by atoms with Crippen LogP contribution < -0.4 is 29.1 Å². The topological polar surface area (TPSA) is 88.4 Å². The van der Waals surface area contributed by atoms with Crippen molar-refractivity contribution in [3.05, 3.63) is 133 Å². The highest BCUT2D eigenvalue weighted by molar-refractivity contribution is 7.07. The van der Waals surface area contributed by atoms with Gasteiger partial charge in [-0.2, -0.15) is 0 Å². The molecule has 0 amide bonds. The monoisotopic (exact) mass is 620 g/mol. The van der Waals surface area contributed by atoms with Crippen molar-refractivity contribution >= 4 is 34.2 Å². The highest BCUT2D eigenvalue weighted by Gasteiger charge is 2.33. The van der Waals surface area contributed by atoms with Crippen molar-refractivity contribution in [2.24, 2.45) is 4.99 Å². The van der Waals surface area contributed by atoms with Gasteiger partial charge in [0.15, 0.2) is 16.3 Å². The number of rotatable bonds is 9. The second-order valence-electron chi connectivity index (χ2n) is 10.4. The first kappa shape index (κ1) is 29.9. The van der Waals surface area contributed by atoms with Crippen LogP contribution in [0.4, 0.5) is 0 Å². The summed E-state index contributed by atoms with van der Waals surface area (Å²) in [6, 6.07) is 26.5. The smallest absolute Gasteiger partial charge is 0.338 e. The standard InChI is InChI=1S/C36H32N2O6S/c1-5-43-35(40)32-22(2)37-36-38(33(32)25-14-16-27(41-3)17-15-25)34(39)31(45-36)20-23-13-18-29(30(19-23)42-4)44-21-26-11-8-10-24-9-6-7-12-28(24)26/h6-20,33H,5,21H2,1-4H3/t33-/m0/s1. The lowest BCUT2D eigenvalue weighted by atomic mass is 9.96. The van der Waals surface area contributed by atoms with Crippen molar-refractivity contribution in [1.82, 2.24) is 4.57 Å². The van der Waals surface area contributed by atoms with Crippen LogP contribution in [0.1, 0.15) is 36.6 Å². The Kier molecular flexibility index (Phi) is 8.53. The second kappa shape index (κ2) is 12.8. The molecule has 1 atom stereocenters. The number of aromatic nitrogens is 1. The number of esters is 1. The van der Waals surface area contributed by atoms with Gasteiger partial charge in [-0.3, -0.25) is 9.36 Å². The zero-order valence-electron chi connectivity index (χ0n) is 25.4. The number of thiazole rings is 1. The second-order valence-corrected chi connectivity index (χ2v) is 11.4. The molecule has 0 radical (unpaired) electrons. The van der Waals surface area contributed by atoms with Crippen molar-refractivity contribution in [1.29, 1.82) is 0 Å². The van der Waals surface area contributed by atoms with Gasteiger partial charge in [-0.25, -0.2) is 9.79 Å². The van der Waals surface area contributed by atoms with Crippen LogP contribution in [-0.4, -0.2) is 31.4 Å². The van der Waals surface area contributed by atoms with Crippen LogP contribution in [0.5, 0.6) is 17.2 Å². The predicted molar refractivity (Wildman–Crippen MR) is 175 cm³/mol. The van der Waals surface area contributed by atoms with Crippen molar-refractivity contribution in [3.8, 4) is 17.2 Å². The molecular formula is C36H32N2O6S. The predicted octanol–water partition coefficient (Wildman–Crippen LogP) is 5.55. The molecular weight excluding hydrogens is 588 g/mol. The summed E-state index contributed by atoms with van der Waals surface area (Å²) in [5.74, 6) is 1.31. The van der Waals surface area contributed by atoms with Crippen molar-refractivity contribution in [2.75, 3.05) is 20.8 Å². The number of nitrogens with zero attached hydrogens (tertiary/aromatic N) is 2. The third kappa shape index (κ3) is 5.86. The van der Waals surface area contributed by atoms with E-state index < -0.39 is 12.0 Å². The quantitative estimate of drug-likeness (QED) is 0.201. The highest BCUT2D eigenvalue weighted by atomic mass is 32.1. The van der Waals surface area contributed by atoms with E-state index in [-0.39, 0.29) is 12.2 Å². The van der Waals surface area contributed by atoms with E-state index in [1.54, 1.807) is 50.8 Å². The fraction of sp³-hybridized carbons (Fsp3) is 0.194. The van der Waals surface area contributed by atoms with E-state index in [1.807, 2.05) is 48.5 Å². The maximum atomic E-state index is 14.0. The summed E-state index contributed by atoms with van der Waals surface area (Å²) in [6.07, 6.45) is 1.80. The molecule has 0 unspecified atom stereocenters. The Balaban J connectivity index is 1.36. The lowest BCUT2D eigenvalue weighted by molar-refractivity contribution is -0.139. The van der Waals surface area contributed by atoms with Gasteiger partial charge in [0, 0.05) is 0 Å². The van der Waals surface area contributed by atoms with E-state index in [4.69, 9.17) is 18.9 Å². The summed E-state index contributed by atoms with van der Waals surface area (Å²) in [7, 11) is 3.18. The number of fused-ring (bicyclic) bond motifs is 2. The largest absolute Gasteiger partial charge is 0.497 e. The van der Waals surface area contributed by atoms with Crippen LogP contribution in [0.2, 0.25) is 0 Å². The van der Waals surface area contributed by atoms with E-state index in [1.165, 1.54) is 11.3 Å². The van der Waals surface area contributed by atoms with E-state index in [9.17, 15) is 9.59 Å². The molecule has 0 bridgehead atoms. The van der Waals surface area contributed by atoms with Gasteiger partial charge in [-0.1, -0.05) is 72.0 Å². The molecule has 1 aliphatic rings. The molecule has 228 valence electrons. The Morgan fingerprint density at radius 2 is 1.73 bits per heavy atom. The fourth-order valence-electron chi connectivity index (χ4n) is 5.51. The number of hydrogen-bond donors (Lipinski definition) is 0. The number of carbonyl (C=O) groups is 1. The van der Waals surface area contributed by atoms with E-state index in [0.29, 0.717) is 44.5 Å². The van der Waals surface area contributed by atoms with Crippen LogP contribution in [0.15, 0.2) is 106 Å². The molecule has 1 aromatic heterocycles. The molecule has 4 aromatic carbocycles. The number of carbonyl (C=O) groups excluding carboxylic acids is 1. The average Bonchev–Trinajstić information content (AvgIpc) is 3.36. The van der Waals surface area contributed by atoms with Gasteiger partial charge in [0.2, 0.25) is 0 Å². The lowest BCUT2D eigenvalue weighted by Gasteiger charge is -2.24. The first-order valence-electron chi connectivity index (χ1n) is 14.5. The van der Waals surface area contributed by atoms with Gasteiger partial charge in [0.25, 0.3) is 5.56 Å². The summed E-state index contributed by atoms with van der Waals surface area (Å²) < 4.78 is 24.6. The maximum absolute atomic E-state index is 14.0. The number of hydrogen-bond acceptors (Lipinski definition) is 8. The molecule has 0 saturated carbocycles. The summed E-state index contributed by atoms with van der Waals surface area (Å²) in [5.41, 5.74) is 3.16. The first-order valence-corrected chi connectivity index (χ1v) is 15.3. The molecule has 8 nitrogen and oxygen atoms in total. The fourth-order valence-corrected chi connectivity index (χ4v) is 6.56. The molecule has 9 heteroatoms. The van der Waals surface area contributed by atoms with Crippen LogP contribution >= 0.6 is 11.3 Å². The van der Waals surface area contributed by atoms with E-state index >= 15 is 0 Å². The molecule has 0 N–H and O–H groups in total. The van der Waals surface area contributed by atoms with Gasteiger partial charge in [-0.15, -0.1) is 0 Å². The molecule has 0 aliphatic carbocycles. The van der Waals surface area contributed by atoms with Gasteiger partial charge in [0.1, 0.15) is 12.4 Å². The van der Waals surface area contributed by atoms with E-state index in [2.05, 4.69) is 29.3 Å². The minimum absolute atomic E-state index is 0.207. The molecule has 5 aromatic rings. The van der Waals surface area contributed by atoms with Gasteiger partial charge in [-0.05, 0) is 71.7 Å². The summed E-state index contributed by atoms with van der Waals surface area (Å²) in [4.78, 5) is 32.3. The molecule has 45 heavy (non-hydrogen) atoms. The number of allylic oxidation sites excluding steroid dienone is 1. The SMILES string of the molecule is CCOC(=O)C1=C(C)N=c2sc(=Cc3ccc(OCc4cccc5ccccc45)c(OC)c3)c(=O)n2[C@H]1c1ccc(OC)cc1. The molecule has 2 heterocycles. The van der Waals surface area contributed by atoms with Crippen LogP contribution in [0.3, 0.4) is 0 Å². The zero-order valence-corrected chi connectivity index (χ0v) is 26.2. The van der Waals surface area contributed by atoms with Gasteiger partial charge in [0.05, 0.1) is 42.7 Å². The number of ether oxygens (including phenoxy) is 4. The van der Waals surface area contributed by atoms with Crippen LogP contribution in [-0.2, 0) is 16.1 Å². The zero-order chi connectivity index (χ0) is 31.5. The molecule has 0 spiro atoms. The summed E-state index contributed by atoms with van der Waals surface area (Å²) in [6.45, 7) is 4.10. The van der Waals surface area contributed by atoms with Gasteiger partial charge >= 0.3 is 5.97 Å². The Bertz CT molecular complexity index is 2110. The molecule has 0 fully saturated rings. The Labute approximate surface area is 264 Å². The maximum Gasteiger partial charge on any atom is 0.338 e.